The molecule has 0 aliphatic heterocycles. The Labute approximate surface area is 149 Å². The third-order valence-electron chi connectivity index (χ3n) is 3.05. The molecule has 1 aromatic heterocycles. The van der Waals surface area contributed by atoms with Crippen molar-refractivity contribution >= 4 is 45.9 Å². The Morgan fingerprint density at radius 2 is 2.26 bits per heavy atom. The van der Waals surface area contributed by atoms with E-state index in [4.69, 9.17) is 11.6 Å². The zero-order valence-electron chi connectivity index (χ0n) is 13.1. The van der Waals surface area contributed by atoms with Gasteiger partial charge in [-0.1, -0.05) is 60.2 Å². The first kappa shape index (κ1) is 18.0. The van der Waals surface area contributed by atoms with Crippen LogP contribution in [-0.2, 0) is 5.75 Å². The van der Waals surface area contributed by atoms with Crippen LogP contribution < -0.4 is 10.2 Å². The number of anilines is 1. The zero-order valence-corrected chi connectivity index (χ0v) is 15.5. The van der Waals surface area contributed by atoms with Crippen LogP contribution in [0.2, 0.25) is 5.02 Å². The van der Waals surface area contributed by atoms with Crippen molar-refractivity contribution in [3.05, 3.63) is 34.9 Å². The smallest absolute Gasteiger partial charge is 0.323 e. The predicted molar refractivity (Wildman–Crippen MR) is 97.6 cm³/mol. The Balaban J connectivity index is 1.88. The van der Waals surface area contributed by atoms with Gasteiger partial charge in [0.25, 0.3) is 0 Å². The number of rotatable bonds is 7. The van der Waals surface area contributed by atoms with Gasteiger partial charge < -0.3 is 5.32 Å². The second-order valence-corrected chi connectivity index (χ2v) is 7.53. The number of amides is 2. The maximum absolute atomic E-state index is 12.0. The predicted octanol–water partition coefficient (Wildman–Crippen LogP) is 4.43. The van der Waals surface area contributed by atoms with Gasteiger partial charge in [0.2, 0.25) is 5.13 Å². The monoisotopic (exact) mass is 370 g/mol. The first-order valence-corrected chi connectivity index (χ1v) is 9.50. The molecule has 0 aliphatic rings. The minimum Gasteiger partial charge on any atom is -0.338 e. The second kappa shape index (κ2) is 9.10. The SMILES string of the molecule is CCCCNC(=O)N(C)c1nnc(SCc2cccc(Cl)c2)s1. The number of carbonyl (C=O) groups excluding carboxylic acids is 1. The Bertz CT molecular complexity index is 650. The quantitative estimate of drug-likeness (QED) is 0.445. The molecule has 1 heterocycles. The lowest BCUT2D eigenvalue weighted by atomic mass is 10.2. The molecule has 8 heteroatoms. The van der Waals surface area contributed by atoms with E-state index in [2.05, 4.69) is 22.4 Å². The summed E-state index contributed by atoms with van der Waals surface area (Å²) in [6.07, 6.45) is 2.02. The molecule has 5 nitrogen and oxygen atoms in total. The summed E-state index contributed by atoms with van der Waals surface area (Å²) in [5, 5.41) is 12.4. The van der Waals surface area contributed by atoms with Crippen molar-refractivity contribution in [1.82, 2.24) is 15.5 Å². The van der Waals surface area contributed by atoms with Crippen molar-refractivity contribution in [3.63, 3.8) is 0 Å². The average molecular weight is 371 g/mol. The summed E-state index contributed by atoms with van der Waals surface area (Å²) in [6, 6.07) is 7.59. The van der Waals surface area contributed by atoms with Gasteiger partial charge in [-0.15, -0.1) is 10.2 Å². The molecule has 0 radical (unpaired) electrons. The molecule has 0 bridgehead atoms. The molecule has 2 amide bonds. The van der Waals surface area contributed by atoms with Crippen LogP contribution in [0.1, 0.15) is 25.3 Å². The van der Waals surface area contributed by atoms with E-state index >= 15 is 0 Å². The Morgan fingerprint density at radius 1 is 1.43 bits per heavy atom. The van der Waals surface area contributed by atoms with E-state index in [1.54, 1.807) is 18.8 Å². The molecule has 0 saturated heterocycles. The molecule has 0 unspecified atom stereocenters. The standard InChI is InChI=1S/C15H19ClN4OS2/c1-3-4-8-17-13(21)20(2)14-18-19-15(23-14)22-10-11-6-5-7-12(16)9-11/h5-7,9H,3-4,8,10H2,1-2H3,(H,17,21). The highest BCUT2D eigenvalue weighted by atomic mass is 35.5. The molecular weight excluding hydrogens is 352 g/mol. The lowest BCUT2D eigenvalue weighted by Crippen LogP contribution is -2.37. The first-order chi connectivity index (χ1) is 11.1. The van der Waals surface area contributed by atoms with E-state index in [1.807, 2.05) is 24.3 Å². The molecule has 0 spiro atoms. The minimum absolute atomic E-state index is 0.152. The maximum atomic E-state index is 12.0. The molecule has 2 rings (SSSR count). The third-order valence-corrected chi connectivity index (χ3v) is 5.48. The van der Waals surface area contributed by atoms with Crippen LogP contribution in [0.25, 0.3) is 0 Å². The van der Waals surface area contributed by atoms with Crippen LogP contribution in [0.3, 0.4) is 0 Å². The van der Waals surface area contributed by atoms with Crippen LogP contribution in [0, 0.1) is 0 Å². The molecular formula is C15H19ClN4OS2. The molecule has 0 fully saturated rings. The first-order valence-electron chi connectivity index (χ1n) is 7.32. The van der Waals surface area contributed by atoms with Gasteiger partial charge in [-0.3, -0.25) is 4.90 Å². The van der Waals surface area contributed by atoms with Crippen LogP contribution in [0.4, 0.5) is 9.93 Å². The zero-order chi connectivity index (χ0) is 16.7. The molecule has 2 aromatic rings. The van der Waals surface area contributed by atoms with E-state index in [0.717, 1.165) is 33.5 Å². The fourth-order valence-electron chi connectivity index (χ4n) is 1.75. The summed E-state index contributed by atoms with van der Waals surface area (Å²) < 4.78 is 0.827. The summed E-state index contributed by atoms with van der Waals surface area (Å²) >= 11 is 8.96. The molecule has 23 heavy (non-hydrogen) atoms. The highest BCUT2D eigenvalue weighted by Gasteiger charge is 2.15. The van der Waals surface area contributed by atoms with Crippen molar-refractivity contribution in [2.24, 2.45) is 0 Å². The van der Waals surface area contributed by atoms with E-state index in [-0.39, 0.29) is 6.03 Å². The number of hydrogen-bond donors (Lipinski definition) is 1. The number of urea groups is 1. The van der Waals surface area contributed by atoms with Gasteiger partial charge in [-0.25, -0.2) is 4.79 Å². The number of nitrogens with zero attached hydrogens (tertiary/aromatic N) is 3. The number of unbranched alkanes of at least 4 members (excludes halogenated alkanes) is 1. The van der Waals surface area contributed by atoms with Crippen LogP contribution in [-0.4, -0.2) is 29.8 Å². The van der Waals surface area contributed by atoms with Gasteiger partial charge in [0.1, 0.15) is 0 Å². The van der Waals surface area contributed by atoms with Crippen molar-refractivity contribution in [1.29, 1.82) is 0 Å². The lowest BCUT2D eigenvalue weighted by molar-refractivity contribution is 0.247. The molecule has 1 N–H and O–H groups in total. The normalized spacial score (nSPS) is 10.6. The van der Waals surface area contributed by atoms with Crippen LogP contribution >= 0.6 is 34.7 Å². The average Bonchev–Trinajstić information content (AvgIpc) is 3.01. The fourth-order valence-corrected chi connectivity index (χ4v) is 3.70. The van der Waals surface area contributed by atoms with Gasteiger partial charge in [-0.05, 0) is 24.1 Å². The van der Waals surface area contributed by atoms with Crippen LogP contribution in [0.15, 0.2) is 28.6 Å². The summed E-state index contributed by atoms with van der Waals surface area (Å²) in [7, 11) is 1.70. The van der Waals surface area contributed by atoms with Crippen molar-refractivity contribution in [2.45, 2.75) is 29.9 Å². The van der Waals surface area contributed by atoms with Crippen LogP contribution in [0.5, 0.6) is 0 Å². The van der Waals surface area contributed by atoms with Gasteiger partial charge in [0, 0.05) is 24.4 Å². The number of carbonyl (C=O) groups is 1. The molecule has 124 valence electrons. The maximum Gasteiger partial charge on any atom is 0.323 e. The van der Waals surface area contributed by atoms with Crippen molar-refractivity contribution in [2.75, 3.05) is 18.5 Å². The topological polar surface area (TPSA) is 58.1 Å². The number of benzene rings is 1. The van der Waals surface area contributed by atoms with Crippen molar-refractivity contribution in [3.8, 4) is 0 Å². The summed E-state index contributed by atoms with van der Waals surface area (Å²) in [6.45, 7) is 2.76. The van der Waals surface area contributed by atoms with E-state index < -0.39 is 0 Å². The number of hydrogen-bond acceptors (Lipinski definition) is 5. The largest absolute Gasteiger partial charge is 0.338 e. The summed E-state index contributed by atoms with van der Waals surface area (Å²) in [5.74, 6) is 0.765. The molecule has 1 aromatic carbocycles. The van der Waals surface area contributed by atoms with Crippen molar-refractivity contribution < 1.29 is 4.79 Å². The fraction of sp³-hybridized carbons (Fsp3) is 0.400. The second-order valence-electron chi connectivity index (χ2n) is 4.91. The lowest BCUT2D eigenvalue weighted by Gasteiger charge is -2.13. The van der Waals surface area contributed by atoms with Gasteiger partial charge in [0.15, 0.2) is 4.34 Å². The summed E-state index contributed by atoms with van der Waals surface area (Å²) in [4.78, 5) is 13.5. The van der Waals surface area contributed by atoms with Gasteiger partial charge in [0.05, 0.1) is 0 Å². The third kappa shape index (κ3) is 5.67. The Hall–Kier alpha value is -1.31. The Kier molecular flexibility index (Phi) is 7.14. The summed E-state index contributed by atoms with van der Waals surface area (Å²) in [5.41, 5.74) is 1.13. The molecule has 0 saturated carbocycles. The van der Waals surface area contributed by atoms with Gasteiger partial charge >= 0.3 is 6.03 Å². The van der Waals surface area contributed by atoms with E-state index in [1.165, 1.54) is 16.2 Å². The highest BCUT2D eigenvalue weighted by Crippen LogP contribution is 2.30. The highest BCUT2D eigenvalue weighted by molar-refractivity contribution is 8.00. The number of thioether (sulfide) groups is 1. The molecule has 0 atom stereocenters. The van der Waals surface area contributed by atoms with Gasteiger partial charge in [-0.2, -0.15) is 0 Å². The Morgan fingerprint density at radius 3 is 3.00 bits per heavy atom. The minimum atomic E-state index is -0.152. The van der Waals surface area contributed by atoms with E-state index in [0.29, 0.717) is 11.7 Å². The van der Waals surface area contributed by atoms with E-state index in [9.17, 15) is 4.79 Å². The number of nitrogens with one attached hydrogen (secondary N) is 1. The molecule has 0 aliphatic carbocycles. The number of halogens is 1. The number of aromatic nitrogens is 2.